The third-order valence-corrected chi connectivity index (χ3v) is 8.69. The quantitative estimate of drug-likeness (QED) is 0.503. The van der Waals surface area contributed by atoms with E-state index in [9.17, 15) is 19.2 Å². The standard InChI is InChI=1S/C27H35FN4O5/c28-22-12-21-19(15-32(26(21)35)23-5-6-24(33)30-25(23)34)11-20(22)18-7-9-31(10-8-18)14-17-3-1-16(2-4-17)13-29-27(36)37/h11-12,16-18,23,29H,1-10,13-15H2,(H,36,37)(H,30,33,34). The van der Waals surface area contributed by atoms with Gasteiger partial charge in [0.25, 0.3) is 5.91 Å². The maximum atomic E-state index is 15.2. The number of nitrogens with zero attached hydrogens (tertiary/aromatic N) is 2. The van der Waals surface area contributed by atoms with Crippen molar-refractivity contribution in [2.24, 2.45) is 11.8 Å². The molecule has 5 rings (SSSR count). The topological polar surface area (TPSA) is 119 Å². The predicted molar refractivity (Wildman–Crippen MR) is 132 cm³/mol. The number of rotatable bonds is 6. The highest BCUT2D eigenvalue weighted by Crippen LogP contribution is 2.36. The molecule has 0 aromatic heterocycles. The van der Waals surface area contributed by atoms with E-state index in [2.05, 4.69) is 15.5 Å². The summed E-state index contributed by atoms with van der Waals surface area (Å²) in [5.74, 6) is -0.347. The number of nitrogens with one attached hydrogen (secondary N) is 2. The Morgan fingerprint density at radius 3 is 2.41 bits per heavy atom. The molecule has 1 atom stereocenters. The summed E-state index contributed by atoms with van der Waals surface area (Å²) < 4.78 is 15.2. The molecule has 2 saturated heterocycles. The van der Waals surface area contributed by atoms with Gasteiger partial charge in [0.1, 0.15) is 11.9 Å². The average Bonchev–Trinajstić information content (AvgIpc) is 3.18. The summed E-state index contributed by atoms with van der Waals surface area (Å²) in [6.45, 7) is 3.65. The molecule has 1 aromatic carbocycles. The largest absolute Gasteiger partial charge is 0.465 e. The maximum Gasteiger partial charge on any atom is 0.404 e. The van der Waals surface area contributed by atoms with Crippen molar-refractivity contribution in [2.45, 2.75) is 69.9 Å². The van der Waals surface area contributed by atoms with Crippen molar-refractivity contribution < 1.29 is 28.7 Å². The van der Waals surface area contributed by atoms with Gasteiger partial charge in [0.15, 0.2) is 0 Å². The third-order valence-electron chi connectivity index (χ3n) is 8.69. The van der Waals surface area contributed by atoms with Crippen molar-refractivity contribution in [1.82, 2.24) is 20.4 Å². The number of hydrogen-bond acceptors (Lipinski definition) is 5. The third kappa shape index (κ3) is 5.63. The number of carboxylic acid groups (broad SMARTS) is 1. The first-order chi connectivity index (χ1) is 17.8. The summed E-state index contributed by atoms with van der Waals surface area (Å²) in [5.41, 5.74) is 1.72. The van der Waals surface area contributed by atoms with E-state index in [1.165, 1.54) is 11.0 Å². The van der Waals surface area contributed by atoms with Gasteiger partial charge in [-0.25, -0.2) is 9.18 Å². The molecule has 37 heavy (non-hydrogen) atoms. The first-order valence-electron chi connectivity index (χ1n) is 13.4. The Bertz CT molecular complexity index is 1080. The second kappa shape index (κ2) is 10.8. The summed E-state index contributed by atoms with van der Waals surface area (Å²) >= 11 is 0. The van der Waals surface area contributed by atoms with Crippen LogP contribution in [0.3, 0.4) is 0 Å². The van der Waals surface area contributed by atoms with E-state index in [4.69, 9.17) is 5.11 Å². The van der Waals surface area contributed by atoms with Gasteiger partial charge in [0, 0.05) is 31.6 Å². The van der Waals surface area contributed by atoms with E-state index in [1.807, 2.05) is 6.07 Å². The number of halogens is 1. The van der Waals surface area contributed by atoms with Crippen LogP contribution in [0.2, 0.25) is 0 Å². The van der Waals surface area contributed by atoms with Crippen LogP contribution in [0, 0.1) is 17.7 Å². The minimum atomic E-state index is -0.956. The number of likely N-dealkylation sites (tertiary alicyclic amines) is 1. The Hall–Kier alpha value is -3.01. The van der Waals surface area contributed by atoms with Crippen molar-refractivity contribution >= 4 is 23.8 Å². The smallest absolute Gasteiger partial charge is 0.404 e. The van der Waals surface area contributed by atoms with Crippen LogP contribution in [-0.4, -0.2) is 70.9 Å². The van der Waals surface area contributed by atoms with Crippen molar-refractivity contribution in [3.05, 3.63) is 34.6 Å². The van der Waals surface area contributed by atoms with Crippen LogP contribution >= 0.6 is 0 Å². The summed E-state index contributed by atoms with van der Waals surface area (Å²) in [7, 11) is 0. The fourth-order valence-corrected chi connectivity index (χ4v) is 6.56. The molecular weight excluding hydrogens is 479 g/mol. The molecule has 1 unspecified atom stereocenters. The second-order valence-electron chi connectivity index (χ2n) is 11.1. The number of piperidine rings is 2. The van der Waals surface area contributed by atoms with E-state index < -0.39 is 18.0 Å². The number of hydrogen-bond donors (Lipinski definition) is 3. The molecule has 3 aliphatic heterocycles. The molecule has 1 saturated carbocycles. The van der Waals surface area contributed by atoms with Gasteiger partial charge < -0.3 is 20.2 Å². The van der Waals surface area contributed by atoms with Gasteiger partial charge in [-0.1, -0.05) is 6.07 Å². The molecule has 4 aliphatic rings. The number of carbonyl (C=O) groups is 4. The molecular formula is C27H35FN4O5. The fourth-order valence-electron chi connectivity index (χ4n) is 6.56. The monoisotopic (exact) mass is 514 g/mol. The van der Waals surface area contributed by atoms with Crippen molar-refractivity contribution in [1.29, 1.82) is 0 Å². The Kier molecular flexibility index (Phi) is 7.46. The Morgan fingerprint density at radius 2 is 1.73 bits per heavy atom. The molecule has 200 valence electrons. The zero-order valence-corrected chi connectivity index (χ0v) is 21.0. The lowest BCUT2D eigenvalue weighted by molar-refractivity contribution is -0.136. The van der Waals surface area contributed by atoms with E-state index in [-0.39, 0.29) is 36.5 Å². The molecule has 0 radical (unpaired) electrons. The zero-order chi connectivity index (χ0) is 26.1. The highest BCUT2D eigenvalue weighted by molar-refractivity contribution is 6.05. The van der Waals surface area contributed by atoms with E-state index >= 15 is 4.39 Å². The number of amides is 4. The zero-order valence-electron chi connectivity index (χ0n) is 21.0. The van der Waals surface area contributed by atoms with Crippen molar-refractivity contribution in [3.8, 4) is 0 Å². The van der Waals surface area contributed by atoms with Crippen LogP contribution in [0.4, 0.5) is 9.18 Å². The van der Waals surface area contributed by atoms with Crippen LogP contribution in [0.15, 0.2) is 12.1 Å². The molecule has 3 heterocycles. The minimum Gasteiger partial charge on any atom is -0.465 e. The average molecular weight is 515 g/mol. The van der Waals surface area contributed by atoms with Gasteiger partial charge >= 0.3 is 6.09 Å². The molecule has 1 aromatic rings. The van der Waals surface area contributed by atoms with E-state index in [0.29, 0.717) is 35.9 Å². The summed E-state index contributed by atoms with van der Waals surface area (Å²) in [6, 6.07) is 2.46. The van der Waals surface area contributed by atoms with Gasteiger partial charge in [0.05, 0.1) is 0 Å². The maximum absolute atomic E-state index is 15.2. The molecule has 0 spiro atoms. The molecule has 1 aliphatic carbocycles. The molecule has 4 amide bonds. The summed E-state index contributed by atoms with van der Waals surface area (Å²) in [5, 5.41) is 13.6. The number of benzene rings is 1. The second-order valence-corrected chi connectivity index (χ2v) is 11.1. The Morgan fingerprint density at radius 1 is 1.03 bits per heavy atom. The van der Waals surface area contributed by atoms with Crippen molar-refractivity contribution in [2.75, 3.05) is 26.2 Å². The van der Waals surface area contributed by atoms with Crippen molar-refractivity contribution in [3.63, 3.8) is 0 Å². The number of fused-ring (bicyclic) bond motifs is 1. The van der Waals surface area contributed by atoms with Crippen LogP contribution in [0.25, 0.3) is 0 Å². The van der Waals surface area contributed by atoms with Gasteiger partial charge in [-0.2, -0.15) is 0 Å². The lowest BCUT2D eigenvalue weighted by Gasteiger charge is -2.37. The molecule has 10 heteroatoms. The molecule has 9 nitrogen and oxygen atoms in total. The van der Waals surface area contributed by atoms with Gasteiger partial charge in [-0.15, -0.1) is 0 Å². The van der Waals surface area contributed by atoms with Gasteiger partial charge in [0.2, 0.25) is 11.8 Å². The van der Waals surface area contributed by atoms with Crippen LogP contribution < -0.4 is 10.6 Å². The van der Waals surface area contributed by atoms with E-state index in [1.54, 1.807) is 0 Å². The minimum absolute atomic E-state index is 0.0964. The predicted octanol–water partition coefficient (Wildman–Crippen LogP) is 2.84. The van der Waals surface area contributed by atoms with E-state index in [0.717, 1.165) is 63.7 Å². The summed E-state index contributed by atoms with van der Waals surface area (Å²) in [4.78, 5) is 51.3. The van der Waals surface area contributed by atoms with Crippen LogP contribution in [0.1, 0.15) is 78.8 Å². The van der Waals surface area contributed by atoms with Crippen LogP contribution in [0.5, 0.6) is 0 Å². The SMILES string of the molecule is O=C(O)NCC1CCC(CN2CCC(c3cc4c(cc3F)C(=O)N(C3CCC(=O)NC3=O)C4)CC2)CC1. The van der Waals surface area contributed by atoms with Gasteiger partial charge in [-0.3, -0.25) is 19.7 Å². The lowest BCUT2D eigenvalue weighted by atomic mass is 9.81. The van der Waals surface area contributed by atoms with Gasteiger partial charge in [-0.05, 0) is 93.0 Å². The Labute approximate surface area is 215 Å². The Balaban J connectivity index is 1.14. The molecule has 3 fully saturated rings. The highest BCUT2D eigenvalue weighted by Gasteiger charge is 2.40. The van der Waals surface area contributed by atoms with Crippen LogP contribution in [-0.2, 0) is 16.1 Å². The first-order valence-corrected chi connectivity index (χ1v) is 13.4. The lowest BCUT2D eigenvalue weighted by Crippen LogP contribution is -2.52. The number of imide groups is 1. The molecule has 0 bridgehead atoms. The summed E-state index contributed by atoms with van der Waals surface area (Å²) in [6.07, 6.45) is 5.58. The molecule has 3 N–H and O–H groups in total. The first kappa shape index (κ1) is 25.6. The normalized spacial score (nSPS) is 27.2. The number of carbonyl (C=O) groups excluding carboxylic acids is 3. The fraction of sp³-hybridized carbons (Fsp3) is 0.630. The highest BCUT2D eigenvalue weighted by atomic mass is 19.1.